The Kier molecular flexibility index (Phi) is 2.07. The van der Waals surface area contributed by atoms with Gasteiger partial charge in [-0.25, -0.2) is 0 Å². The van der Waals surface area contributed by atoms with Crippen LogP contribution in [0.25, 0.3) is 0 Å². The molecule has 0 N–H and O–H groups in total. The van der Waals surface area contributed by atoms with E-state index in [1.807, 2.05) is 0 Å². The normalized spacial score (nSPS) is 11.6. The Balaban J connectivity index is 2.84. The van der Waals surface area contributed by atoms with Crippen molar-refractivity contribution in [3.05, 3.63) is 5.82 Å². The molecule has 0 aliphatic carbocycles. The van der Waals surface area contributed by atoms with Crippen LogP contribution in [0.1, 0.15) is 5.82 Å². The Hall–Kier alpha value is -1.47. The van der Waals surface area contributed by atoms with E-state index in [1.165, 1.54) is 0 Å². The van der Waals surface area contributed by atoms with Gasteiger partial charge in [-0.1, -0.05) is 0 Å². The predicted molar refractivity (Wildman–Crippen MR) is 28.9 cm³/mol. The van der Waals surface area contributed by atoms with Crippen molar-refractivity contribution < 1.29 is 18.0 Å². The van der Waals surface area contributed by atoms with Gasteiger partial charge in [-0.05, 0) is 5.21 Å². The van der Waals surface area contributed by atoms with Crippen molar-refractivity contribution in [2.75, 3.05) is 0 Å². The molecule has 8 heteroatoms. The molecular formula is C4H3F3N4O. The largest absolute Gasteiger partial charge is 0.455 e. The van der Waals surface area contributed by atoms with Gasteiger partial charge in [0.25, 0.3) is 5.82 Å². The lowest BCUT2D eigenvalue weighted by molar-refractivity contribution is -0.145. The van der Waals surface area contributed by atoms with Crippen LogP contribution in [0.2, 0.25) is 0 Å². The van der Waals surface area contributed by atoms with Gasteiger partial charge in [-0.3, -0.25) is 0 Å². The van der Waals surface area contributed by atoms with Crippen LogP contribution in [0.3, 0.4) is 0 Å². The highest BCUT2D eigenvalue weighted by atomic mass is 19.4. The average molecular weight is 180 g/mol. The van der Waals surface area contributed by atoms with Crippen LogP contribution in [0.15, 0.2) is 0 Å². The predicted octanol–water partition coefficient (Wildman–Crippen LogP) is -0.109. The molecule has 12 heavy (non-hydrogen) atoms. The summed E-state index contributed by atoms with van der Waals surface area (Å²) < 4.78 is 35.3. The number of hydrogen-bond acceptors (Lipinski definition) is 4. The van der Waals surface area contributed by atoms with E-state index in [4.69, 9.17) is 0 Å². The van der Waals surface area contributed by atoms with Crippen molar-refractivity contribution in [2.24, 2.45) is 0 Å². The third kappa shape index (κ3) is 1.77. The van der Waals surface area contributed by atoms with Crippen LogP contribution in [-0.4, -0.2) is 26.5 Å². The second-order valence-corrected chi connectivity index (χ2v) is 1.83. The monoisotopic (exact) mass is 180 g/mol. The fourth-order valence-corrected chi connectivity index (χ4v) is 0.501. The lowest BCUT2D eigenvalue weighted by atomic mass is 10.6. The van der Waals surface area contributed by atoms with E-state index >= 15 is 0 Å². The van der Waals surface area contributed by atoms with Crippen LogP contribution >= 0.6 is 0 Å². The van der Waals surface area contributed by atoms with Gasteiger partial charge in [0, 0.05) is 0 Å². The SMILES string of the molecule is O=CCn1nnc(C(F)(F)F)n1. The van der Waals surface area contributed by atoms with Gasteiger partial charge in [-0.2, -0.15) is 18.0 Å². The minimum Gasteiger partial charge on any atom is -0.301 e. The van der Waals surface area contributed by atoms with Crippen LogP contribution < -0.4 is 0 Å². The maximum absolute atomic E-state index is 11.8. The Labute approximate surface area is 64.2 Å². The van der Waals surface area contributed by atoms with Crippen LogP contribution in [0, 0.1) is 0 Å². The summed E-state index contributed by atoms with van der Waals surface area (Å²) in [6.45, 7) is -0.330. The van der Waals surface area contributed by atoms with Crippen molar-refractivity contribution in [1.29, 1.82) is 0 Å². The highest BCUT2D eigenvalue weighted by Gasteiger charge is 2.36. The Morgan fingerprint density at radius 3 is 2.58 bits per heavy atom. The summed E-state index contributed by atoms with van der Waals surface area (Å²) in [7, 11) is 0. The molecule has 0 atom stereocenters. The van der Waals surface area contributed by atoms with Gasteiger partial charge in [0.1, 0.15) is 12.8 Å². The van der Waals surface area contributed by atoms with Crippen molar-refractivity contribution in [2.45, 2.75) is 12.7 Å². The maximum atomic E-state index is 11.8. The minimum atomic E-state index is -4.61. The molecule has 0 aromatic carbocycles. The number of nitrogens with zero attached hydrogens (tertiary/aromatic N) is 4. The summed E-state index contributed by atoms with van der Waals surface area (Å²) in [5, 5.41) is 8.61. The first-order valence-electron chi connectivity index (χ1n) is 2.82. The first-order chi connectivity index (χ1) is 5.54. The molecule has 0 fully saturated rings. The summed E-state index contributed by atoms with van der Waals surface area (Å²) >= 11 is 0. The average Bonchev–Trinajstić information content (AvgIpc) is 2.35. The third-order valence-electron chi connectivity index (χ3n) is 0.944. The summed E-state index contributed by atoms with van der Waals surface area (Å²) in [5.41, 5.74) is 0. The molecule has 0 unspecified atom stereocenters. The zero-order chi connectivity index (χ0) is 9.19. The summed E-state index contributed by atoms with van der Waals surface area (Å²) in [6, 6.07) is 0. The molecule has 5 nitrogen and oxygen atoms in total. The number of alkyl halides is 3. The quantitative estimate of drug-likeness (QED) is 0.596. The standard InChI is InChI=1S/C4H3F3N4O/c5-4(6,7)3-8-10-11(9-3)1-2-12/h2H,1H2. The highest BCUT2D eigenvalue weighted by molar-refractivity contribution is 5.48. The maximum Gasteiger partial charge on any atom is 0.455 e. The van der Waals surface area contributed by atoms with E-state index in [-0.39, 0.29) is 6.54 Å². The molecule has 1 rings (SSSR count). The summed E-state index contributed by atoms with van der Waals surface area (Å²) in [6.07, 6.45) is -4.23. The second kappa shape index (κ2) is 2.88. The number of carbonyl (C=O) groups is 1. The minimum absolute atomic E-state index is 0.330. The Morgan fingerprint density at radius 2 is 2.17 bits per heavy atom. The van der Waals surface area contributed by atoms with E-state index in [9.17, 15) is 18.0 Å². The van der Waals surface area contributed by atoms with Gasteiger partial charge in [0.15, 0.2) is 0 Å². The fourth-order valence-electron chi connectivity index (χ4n) is 0.501. The molecule has 0 amide bonds. The molecule has 0 aliphatic heterocycles. The lowest BCUT2D eigenvalue weighted by Gasteiger charge is -1.96. The molecule has 0 saturated heterocycles. The van der Waals surface area contributed by atoms with Crippen molar-refractivity contribution >= 4 is 6.29 Å². The number of hydrogen-bond donors (Lipinski definition) is 0. The molecule has 0 radical (unpaired) electrons. The number of tetrazole rings is 1. The van der Waals surface area contributed by atoms with Crippen molar-refractivity contribution in [3.8, 4) is 0 Å². The van der Waals surface area contributed by atoms with Gasteiger partial charge >= 0.3 is 6.18 Å². The van der Waals surface area contributed by atoms with Crippen molar-refractivity contribution in [3.63, 3.8) is 0 Å². The molecule has 0 bridgehead atoms. The summed E-state index contributed by atoms with van der Waals surface area (Å²) in [5.74, 6) is -1.34. The number of aldehydes is 1. The smallest absolute Gasteiger partial charge is 0.301 e. The fraction of sp³-hybridized carbons (Fsp3) is 0.500. The zero-order valence-corrected chi connectivity index (χ0v) is 5.62. The lowest BCUT2D eigenvalue weighted by Crippen LogP contribution is -2.09. The molecular weight excluding hydrogens is 177 g/mol. The van der Waals surface area contributed by atoms with E-state index in [1.54, 1.807) is 0 Å². The zero-order valence-electron chi connectivity index (χ0n) is 5.62. The molecule has 0 saturated carbocycles. The molecule has 66 valence electrons. The number of halogens is 3. The Bertz CT molecular complexity index is 280. The van der Waals surface area contributed by atoms with Crippen molar-refractivity contribution in [1.82, 2.24) is 20.2 Å². The number of carbonyl (C=O) groups excluding carboxylic acids is 1. The number of aromatic nitrogens is 4. The second-order valence-electron chi connectivity index (χ2n) is 1.83. The molecule has 0 spiro atoms. The van der Waals surface area contributed by atoms with Crippen LogP contribution in [0.4, 0.5) is 13.2 Å². The first-order valence-corrected chi connectivity index (χ1v) is 2.82. The number of rotatable bonds is 2. The topological polar surface area (TPSA) is 60.7 Å². The van der Waals surface area contributed by atoms with E-state index in [0.717, 1.165) is 0 Å². The van der Waals surface area contributed by atoms with E-state index in [2.05, 4.69) is 15.4 Å². The highest BCUT2D eigenvalue weighted by Crippen LogP contribution is 2.24. The van der Waals surface area contributed by atoms with E-state index < -0.39 is 12.0 Å². The van der Waals surface area contributed by atoms with E-state index in [0.29, 0.717) is 11.1 Å². The molecule has 1 aromatic rings. The first kappa shape index (κ1) is 8.62. The Morgan fingerprint density at radius 1 is 1.50 bits per heavy atom. The summed E-state index contributed by atoms with van der Waals surface area (Å²) in [4.78, 5) is 10.4. The third-order valence-corrected chi connectivity index (χ3v) is 0.944. The van der Waals surface area contributed by atoms with Gasteiger partial charge < -0.3 is 4.79 Å². The molecule has 1 aromatic heterocycles. The van der Waals surface area contributed by atoms with Crippen LogP contribution in [-0.2, 0) is 17.5 Å². The van der Waals surface area contributed by atoms with Gasteiger partial charge in [-0.15, -0.1) is 10.2 Å². The van der Waals surface area contributed by atoms with Crippen LogP contribution in [0.5, 0.6) is 0 Å². The van der Waals surface area contributed by atoms with Gasteiger partial charge in [0.2, 0.25) is 0 Å². The van der Waals surface area contributed by atoms with Gasteiger partial charge in [0.05, 0.1) is 0 Å². The molecule has 1 heterocycles. The molecule has 0 aliphatic rings.